The molecule has 92 valence electrons. The predicted molar refractivity (Wildman–Crippen MR) is 73.4 cm³/mol. The zero-order valence-corrected chi connectivity index (χ0v) is 10.8. The molecule has 0 fully saturated rings. The van der Waals surface area contributed by atoms with Gasteiger partial charge in [0.25, 0.3) is 0 Å². The van der Waals surface area contributed by atoms with Crippen molar-refractivity contribution in [3.8, 4) is 5.75 Å². The molecule has 0 saturated heterocycles. The Bertz CT molecular complexity index is 567. The van der Waals surface area contributed by atoms with Crippen molar-refractivity contribution in [3.05, 3.63) is 60.2 Å². The number of para-hydroxylation sites is 1. The Morgan fingerprint density at radius 2 is 1.72 bits per heavy atom. The molecule has 0 aliphatic rings. The fraction of sp³-hybridized carbons (Fsp3) is 0.0714. The summed E-state index contributed by atoms with van der Waals surface area (Å²) in [6, 6.07) is 16.7. The summed E-state index contributed by atoms with van der Waals surface area (Å²) in [5.74, 6) is 0.584. The van der Waals surface area contributed by atoms with Gasteiger partial charge in [0.1, 0.15) is 10.6 Å². The van der Waals surface area contributed by atoms with E-state index in [9.17, 15) is 4.21 Å². The molecular weight excluding hydrogens is 246 g/mol. The zero-order chi connectivity index (χ0) is 12.8. The minimum atomic E-state index is -1.45. The average molecular weight is 259 g/mol. The summed E-state index contributed by atoms with van der Waals surface area (Å²) in [6.45, 7) is 0. The molecule has 0 aliphatic carbocycles. The molecule has 0 aromatic heterocycles. The lowest BCUT2D eigenvalue weighted by molar-refractivity contribution is 0.404. The van der Waals surface area contributed by atoms with Gasteiger partial charge in [0, 0.05) is 6.21 Å². The first kappa shape index (κ1) is 12.5. The lowest BCUT2D eigenvalue weighted by atomic mass is 10.2. The van der Waals surface area contributed by atoms with E-state index in [2.05, 4.69) is 4.40 Å². The van der Waals surface area contributed by atoms with E-state index in [1.54, 1.807) is 25.5 Å². The highest BCUT2D eigenvalue weighted by molar-refractivity contribution is 7.84. The molecule has 2 aromatic rings. The van der Waals surface area contributed by atoms with Gasteiger partial charge in [-0.15, -0.1) is 0 Å². The van der Waals surface area contributed by atoms with Crippen LogP contribution >= 0.6 is 0 Å². The van der Waals surface area contributed by atoms with Crippen LogP contribution in [0, 0.1) is 0 Å². The first-order valence-corrected chi connectivity index (χ1v) is 6.56. The molecule has 1 atom stereocenters. The standard InChI is InChI=1S/C14H13NO2S/c1-17-13-9-5-6-10-14(13)18(16)15-11-12-7-3-2-4-8-12/h2-11H,1H3/b15-11+. The van der Waals surface area contributed by atoms with Crippen molar-refractivity contribution >= 4 is 17.2 Å². The number of rotatable bonds is 4. The van der Waals surface area contributed by atoms with Gasteiger partial charge < -0.3 is 4.74 Å². The SMILES string of the molecule is COc1ccccc1S(=O)/N=C/c1ccccc1. The maximum absolute atomic E-state index is 12.0. The van der Waals surface area contributed by atoms with Gasteiger partial charge in [0.2, 0.25) is 0 Å². The molecule has 1 unspecified atom stereocenters. The minimum absolute atomic E-state index is 0.576. The third kappa shape index (κ3) is 3.05. The van der Waals surface area contributed by atoms with Crippen molar-refractivity contribution < 1.29 is 8.95 Å². The average Bonchev–Trinajstić information content (AvgIpc) is 2.45. The van der Waals surface area contributed by atoms with Crippen molar-refractivity contribution in [3.63, 3.8) is 0 Å². The van der Waals surface area contributed by atoms with Crippen LogP contribution in [0.2, 0.25) is 0 Å². The van der Waals surface area contributed by atoms with Gasteiger partial charge >= 0.3 is 0 Å². The summed E-state index contributed by atoms with van der Waals surface area (Å²) in [5, 5.41) is 0. The van der Waals surface area contributed by atoms with E-state index in [1.807, 2.05) is 42.5 Å². The second-order valence-corrected chi connectivity index (χ2v) is 4.69. The summed E-state index contributed by atoms with van der Waals surface area (Å²) >= 11 is 0. The van der Waals surface area contributed by atoms with Crippen molar-refractivity contribution in [1.29, 1.82) is 0 Å². The van der Waals surface area contributed by atoms with Crippen LogP contribution in [-0.2, 0) is 11.0 Å². The van der Waals surface area contributed by atoms with Crippen molar-refractivity contribution in [2.24, 2.45) is 4.40 Å². The fourth-order valence-electron chi connectivity index (χ4n) is 1.47. The smallest absolute Gasteiger partial charge is 0.176 e. The van der Waals surface area contributed by atoms with E-state index < -0.39 is 11.0 Å². The van der Waals surface area contributed by atoms with Gasteiger partial charge in [-0.1, -0.05) is 42.5 Å². The van der Waals surface area contributed by atoms with Crippen molar-refractivity contribution in [2.75, 3.05) is 7.11 Å². The molecule has 0 amide bonds. The van der Waals surface area contributed by atoms with Crippen LogP contribution in [-0.4, -0.2) is 17.5 Å². The molecule has 0 heterocycles. The van der Waals surface area contributed by atoms with E-state index in [1.165, 1.54) is 0 Å². The van der Waals surface area contributed by atoms with Crippen LogP contribution in [0.1, 0.15) is 5.56 Å². The van der Waals surface area contributed by atoms with Gasteiger partial charge in [-0.2, -0.15) is 4.40 Å². The predicted octanol–water partition coefficient (Wildman–Crippen LogP) is 2.84. The topological polar surface area (TPSA) is 38.7 Å². The van der Waals surface area contributed by atoms with Crippen molar-refractivity contribution in [2.45, 2.75) is 4.90 Å². The van der Waals surface area contributed by atoms with Crippen molar-refractivity contribution in [1.82, 2.24) is 0 Å². The fourth-order valence-corrected chi connectivity index (χ4v) is 2.32. The third-order valence-corrected chi connectivity index (χ3v) is 3.36. The van der Waals surface area contributed by atoms with Gasteiger partial charge in [-0.25, -0.2) is 4.21 Å². The Labute approximate surface area is 109 Å². The summed E-state index contributed by atoms with van der Waals surface area (Å²) in [4.78, 5) is 0.576. The van der Waals surface area contributed by atoms with E-state index in [0.717, 1.165) is 5.56 Å². The number of nitrogens with zero attached hydrogens (tertiary/aromatic N) is 1. The molecule has 0 spiro atoms. The number of ether oxygens (including phenoxy) is 1. The lowest BCUT2D eigenvalue weighted by Crippen LogP contribution is -1.93. The molecule has 3 nitrogen and oxygen atoms in total. The number of hydrogen-bond donors (Lipinski definition) is 0. The molecule has 2 rings (SSSR count). The van der Waals surface area contributed by atoms with Crippen LogP contribution in [0.4, 0.5) is 0 Å². The summed E-state index contributed by atoms with van der Waals surface area (Å²) in [5.41, 5.74) is 0.917. The lowest BCUT2D eigenvalue weighted by Gasteiger charge is -2.04. The Morgan fingerprint density at radius 3 is 2.44 bits per heavy atom. The Morgan fingerprint density at radius 1 is 1.06 bits per heavy atom. The summed E-state index contributed by atoms with van der Waals surface area (Å²) in [6.07, 6.45) is 1.60. The van der Waals surface area contributed by atoms with Crippen LogP contribution < -0.4 is 4.74 Å². The second kappa shape index (κ2) is 6.12. The number of methoxy groups -OCH3 is 1. The highest BCUT2D eigenvalue weighted by Gasteiger charge is 2.07. The Kier molecular flexibility index (Phi) is 4.25. The largest absolute Gasteiger partial charge is 0.495 e. The van der Waals surface area contributed by atoms with E-state index >= 15 is 0 Å². The maximum Gasteiger partial charge on any atom is 0.176 e. The number of benzene rings is 2. The molecule has 0 saturated carbocycles. The second-order valence-electron chi connectivity index (χ2n) is 3.55. The quantitative estimate of drug-likeness (QED) is 0.792. The van der Waals surface area contributed by atoms with Gasteiger partial charge in [0.15, 0.2) is 11.0 Å². The highest BCUT2D eigenvalue weighted by Crippen LogP contribution is 2.21. The van der Waals surface area contributed by atoms with E-state index in [4.69, 9.17) is 4.74 Å². The maximum atomic E-state index is 12.0. The monoisotopic (exact) mass is 259 g/mol. The van der Waals surface area contributed by atoms with Crippen LogP contribution in [0.5, 0.6) is 5.75 Å². The number of hydrogen-bond acceptors (Lipinski definition) is 2. The zero-order valence-electron chi connectivity index (χ0n) is 9.95. The molecule has 2 aromatic carbocycles. The van der Waals surface area contributed by atoms with Gasteiger partial charge in [0.05, 0.1) is 7.11 Å². The van der Waals surface area contributed by atoms with Gasteiger partial charge in [-0.05, 0) is 17.7 Å². The molecule has 4 heteroatoms. The Hall–Kier alpha value is -1.94. The van der Waals surface area contributed by atoms with Crippen LogP contribution in [0.15, 0.2) is 63.9 Å². The van der Waals surface area contributed by atoms with Crippen LogP contribution in [0.3, 0.4) is 0 Å². The normalized spacial score (nSPS) is 12.5. The summed E-state index contributed by atoms with van der Waals surface area (Å²) < 4.78 is 21.2. The molecule has 0 aliphatic heterocycles. The summed E-state index contributed by atoms with van der Waals surface area (Å²) in [7, 11) is 0.102. The molecule has 18 heavy (non-hydrogen) atoms. The Balaban J connectivity index is 2.20. The first-order chi connectivity index (χ1) is 8.81. The van der Waals surface area contributed by atoms with E-state index in [0.29, 0.717) is 10.6 Å². The molecule has 0 N–H and O–H groups in total. The van der Waals surface area contributed by atoms with Gasteiger partial charge in [-0.3, -0.25) is 0 Å². The highest BCUT2D eigenvalue weighted by atomic mass is 32.2. The molecule has 0 bridgehead atoms. The first-order valence-electron chi connectivity index (χ1n) is 5.45. The van der Waals surface area contributed by atoms with Crippen LogP contribution in [0.25, 0.3) is 0 Å². The minimum Gasteiger partial charge on any atom is -0.495 e. The molecular formula is C14H13NO2S. The van der Waals surface area contributed by atoms with E-state index in [-0.39, 0.29) is 0 Å². The third-order valence-electron chi connectivity index (χ3n) is 2.35. The molecule has 0 radical (unpaired) electrons.